The van der Waals surface area contributed by atoms with E-state index in [4.69, 9.17) is 4.74 Å². The van der Waals surface area contributed by atoms with E-state index in [1.807, 2.05) is 0 Å². The molecule has 106 valence electrons. The summed E-state index contributed by atoms with van der Waals surface area (Å²) in [6.07, 6.45) is 2.37. The summed E-state index contributed by atoms with van der Waals surface area (Å²) >= 11 is 0. The van der Waals surface area contributed by atoms with Gasteiger partial charge in [0.15, 0.2) is 0 Å². The Morgan fingerprint density at radius 2 is 2.16 bits per heavy atom. The molecule has 0 aliphatic carbocycles. The summed E-state index contributed by atoms with van der Waals surface area (Å²) in [7, 11) is 0. The topological polar surface area (TPSA) is 24.5 Å². The Labute approximate surface area is 116 Å². The molecule has 19 heavy (non-hydrogen) atoms. The Bertz CT molecular complexity index is 381. The van der Waals surface area contributed by atoms with Crippen molar-refractivity contribution >= 4 is 5.69 Å². The number of rotatable bonds is 7. The minimum Gasteiger partial charge on any atom is -0.380 e. The molecule has 0 aromatic heterocycles. The van der Waals surface area contributed by atoms with E-state index < -0.39 is 0 Å². The molecule has 1 aromatic rings. The smallest absolute Gasteiger partial charge is 0.0641 e. The summed E-state index contributed by atoms with van der Waals surface area (Å²) in [5.41, 5.74) is 2.82. The molecule has 0 bridgehead atoms. The fraction of sp³-hybridized carbons (Fsp3) is 0.625. The van der Waals surface area contributed by atoms with Crippen LogP contribution < -0.4 is 10.2 Å². The lowest BCUT2D eigenvalue weighted by atomic mass is 9.96. The predicted molar refractivity (Wildman–Crippen MR) is 80.8 cm³/mol. The monoisotopic (exact) mass is 262 g/mol. The molecule has 0 saturated carbocycles. The highest BCUT2D eigenvalue weighted by Gasteiger charge is 2.23. The van der Waals surface area contributed by atoms with Gasteiger partial charge in [0.2, 0.25) is 0 Å². The fourth-order valence-corrected chi connectivity index (χ4v) is 2.71. The average Bonchev–Trinajstić information content (AvgIpc) is 2.46. The van der Waals surface area contributed by atoms with E-state index in [1.54, 1.807) is 0 Å². The van der Waals surface area contributed by atoms with E-state index in [-0.39, 0.29) is 0 Å². The van der Waals surface area contributed by atoms with Crippen molar-refractivity contribution in [3.8, 4) is 0 Å². The number of nitrogens with zero attached hydrogens (tertiary/aromatic N) is 1. The minimum atomic E-state index is 0.513. The Hall–Kier alpha value is -1.06. The highest BCUT2D eigenvalue weighted by molar-refractivity contribution is 5.57. The maximum absolute atomic E-state index is 5.49. The van der Waals surface area contributed by atoms with Crippen LogP contribution in [0, 0.1) is 0 Å². The molecule has 3 heteroatoms. The molecule has 0 amide bonds. The first-order chi connectivity index (χ1) is 9.36. The molecule has 1 N–H and O–H groups in total. The van der Waals surface area contributed by atoms with E-state index in [9.17, 15) is 0 Å². The second-order valence-electron chi connectivity index (χ2n) is 5.04. The van der Waals surface area contributed by atoms with Gasteiger partial charge in [-0.3, -0.25) is 0 Å². The number of ether oxygens (including phenoxy) is 1. The highest BCUT2D eigenvalue weighted by atomic mass is 16.5. The molecular formula is C16H26N2O. The van der Waals surface area contributed by atoms with Gasteiger partial charge in [0.25, 0.3) is 0 Å². The minimum absolute atomic E-state index is 0.513. The van der Waals surface area contributed by atoms with Crippen LogP contribution in [0.1, 0.15) is 38.3 Å². The van der Waals surface area contributed by atoms with Gasteiger partial charge in [0.1, 0.15) is 0 Å². The summed E-state index contributed by atoms with van der Waals surface area (Å²) in [6.45, 7) is 9.09. The van der Waals surface area contributed by atoms with Gasteiger partial charge in [0.05, 0.1) is 6.61 Å². The molecule has 1 unspecified atom stereocenters. The zero-order valence-electron chi connectivity index (χ0n) is 12.2. The summed E-state index contributed by atoms with van der Waals surface area (Å²) in [4.78, 5) is 2.45. The summed E-state index contributed by atoms with van der Waals surface area (Å²) in [5.74, 6) is 0. The standard InChI is InChI=1S/C16H26N2O/c1-3-10-17-15-9-11-18(12-13-19-4-2)16-8-6-5-7-14(15)16/h5-8,15,17H,3-4,9-13H2,1-2H3. The van der Waals surface area contributed by atoms with Gasteiger partial charge in [-0.2, -0.15) is 0 Å². The van der Waals surface area contributed by atoms with Crippen LogP contribution in [0.5, 0.6) is 0 Å². The summed E-state index contributed by atoms with van der Waals surface area (Å²) in [6, 6.07) is 9.29. The van der Waals surface area contributed by atoms with Crippen LogP contribution in [0.25, 0.3) is 0 Å². The molecule has 1 atom stereocenters. The first-order valence-electron chi connectivity index (χ1n) is 7.51. The molecule has 0 fully saturated rings. The summed E-state index contributed by atoms with van der Waals surface area (Å²) in [5, 5.41) is 3.66. The summed E-state index contributed by atoms with van der Waals surface area (Å²) < 4.78 is 5.49. The quantitative estimate of drug-likeness (QED) is 0.765. The lowest BCUT2D eigenvalue weighted by Crippen LogP contribution is -2.37. The van der Waals surface area contributed by atoms with E-state index >= 15 is 0 Å². The van der Waals surface area contributed by atoms with Crippen LogP contribution in [0.3, 0.4) is 0 Å². The van der Waals surface area contributed by atoms with Gasteiger partial charge in [-0.1, -0.05) is 25.1 Å². The molecular weight excluding hydrogens is 236 g/mol. The van der Waals surface area contributed by atoms with Gasteiger partial charge in [-0.25, -0.2) is 0 Å². The SMILES string of the molecule is CCCNC1CCN(CCOCC)c2ccccc21. The van der Waals surface area contributed by atoms with Crippen LogP contribution in [-0.2, 0) is 4.74 Å². The number of anilines is 1. The molecule has 1 heterocycles. The lowest BCUT2D eigenvalue weighted by molar-refractivity contribution is 0.153. The molecule has 0 spiro atoms. The van der Waals surface area contributed by atoms with Gasteiger partial charge in [-0.15, -0.1) is 0 Å². The van der Waals surface area contributed by atoms with E-state index in [1.165, 1.54) is 24.1 Å². The Morgan fingerprint density at radius 1 is 1.32 bits per heavy atom. The van der Waals surface area contributed by atoms with Gasteiger partial charge in [-0.05, 0) is 37.9 Å². The van der Waals surface area contributed by atoms with Crippen molar-refractivity contribution in [1.82, 2.24) is 5.32 Å². The molecule has 3 nitrogen and oxygen atoms in total. The van der Waals surface area contributed by atoms with Crippen molar-refractivity contribution in [2.75, 3.05) is 37.7 Å². The van der Waals surface area contributed by atoms with Crippen molar-refractivity contribution < 1.29 is 4.74 Å². The van der Waals surface area contributed by atoms with E-state index in [0.717, 1.165) is 32.8 Å². The maximum atomic E-state index is 5.49. The van der Waals surface area contributed by atoms with Crippen LogP contribution in [0.4, 0.5) is 5.69 Å². The maximum Gasteiger partial charge on any atom is 0.0641 e. The number of para-hydroxylation sites is 1. The third kappa shape index (κ3) is 3.71. The molecule has 1 aliphatic heterocycles. The Morgan fingerprint density at radius 3 is 2.95 bits per heavy atom. The molecule has 1 aliphatic rings. The largest absolute Gasteiger partial charge is 0.380 e. The average molecular weight is 262 g/mol. The first-order valence-corrected chi connectivity index (χ1v) is 7.51. The van der Waals surface area contributed by atoms with Crippen molar-refractivity contribution in [2.45, 2.75) is 32.7 Å². The normalized spacial score (nSPS) is 18.4. The van der Waals surface area contributed by atoms with Crippen LogP contribution in [0.2, 0.25) is 0 Å². The fourth-order valence-electron chi connectivity index (χ4n) is 2.71. The zero-order valence-corrected chi connectivity index (χ0v) is 12.2. The molecule has 0 radical (unpaired) electrons. The number of nitrogens with one attached hydrogen (secondary N) is 1. The predicted octanol–water partition coefficient (Wildman–Crippen LogP) is 2.97. The van der Waals surface area contributed by atoms with Crippen molar-refractivity contribution in [2.24, 2.45) is 0 Å². The zero-order chi connectivity index (χ0) is 13.5. The second kappa shape index (κ2) is 7.51. The molecule has 1 aromatic carbocycles. The van der Waals surface area contributed by atoms with Gasteiger partial charge >= 0.3 is 0 Å². The number of benzene rings is 1. The lowest BCUT2D eigenvalue weighted by Gasteiger charge is -2.36. The number of fused-ring (bicyclic) bond motifs is 1. The van der Waals surface area contributed by atoms with Crippen molar-refractivity contribution in [3.63, 3.8) is 0 Å². The molecule has 2 rings (SSSR count). The van der Waals surface area contributed by atoms with Gasteiger partial charge in [0, 0.05) is 31.4 Å². The third-order valence-corrected chi connectivity index (χ3v) is 3.69. The van der Waals surface area contributed by atoms with Crippen LogP contribution in [0.15, 0.2) is 24.3 Å². The van der Waals surface area contributed by atoms with Crippen LogP contribution >= 0.6 is 0 Å². The third-order valence-electron chi connectivity index (χ3n) is 3.69. The first kappa shape index (κ1) is 14.4. The van der Waals surface area contributed by atoms with E-state index in [0.29, 0.717) is 6.04 Å². The van der Waals surface area contributed by atoms with Crippen molar-refractivity contribution in [1.29, 1.82) is 0 Å². The molecule has 0 saturated heterocycles. The Balaban J connectivity index is 2.05. The van der Waals surface area contributed by atoms with Crippen molar-refractivity contribution in [3.05, 3.63) is 29.8 Å². The van der Waals surface area contributed by atoms with Crippen LogP contribution in [-0.4, -0.2) is 32.8 Å². The van der Waals surface area contributed by atoms with Gasteiger partial charge < -0.3 is 15.0 Å². The Kier molecular flexibility index (Phi) is 5.67. The number of hydrogen-bond acceptors (Lipinski definition) is 3. The number of hydrogen-bond donors (Lipinski definition) is 1. The highest BCUT2D eigenvalue weighted by Crippen LogP contribution is 2.33. The second-order valence-corrected chi connectivity index (χ2v) is 5.04. The van der Waals surface area contributed by atoms with E-state index in [2.05, 4.69) is 48.3 Å².